The van der Waals surface area contributed by atoms with Gasteiger partial charge in [-0.2, -0.15) is 0 Å². The maximum atomic E-state index is 9.50. The van der Waals surface area contributed by atoms with Gasteiger partial charge in [-0.05, 0) is 23.9 Å². The van der Waals surface area contributed by atoms with Crippen molar-refractivity contribution >= 4 is 6.71 Å². The number of nitriles is 1. The van der Waals surface area contributed by atoms with Crippen LogP contribution >= 0.6 is 0 Å². The van der Waals surface area contributed by atoms with Crippen molar-refractivity contribution in [2.75, 3.05) is 0 Å². The lowest BCUT2D eigenvalue weighted by molar-refractivity contribution is 0.466. The summed E-state index contributed by atoms with van der Waals surface area (Å²) in [5.41, 5.74) is 2.00. The van der Waals surface area contributed by atoms with E-state index in [-0.39, 0.29) is 12.5 Å². The summed E-state index contributed by atoms with van der Waals surface area (Å²) in [6.07, 6.45) is 5.63. The van der Waals surface area contributed by atoms with Crippen LogP contribution in [-0.4, -0.2) is 16.8 Å². The molecule has 0 fully saturated rings. The zero-order chi connectivity index (χ0) is 9.26. The Kier molecular flexibility index (Phi) is 1.93. The van der Waals surface area contributed by atoms with Gasteiger partial charge in [0.1, 0.15) is 5.75 Å². The summed E-state index contributed by atoms with van der Waals surface area (Å²) in [5, 5.41) is 18.3. The Morgan fingerprint density at radius 3 is 3.15 bits per heavy atom. The van der Waals surface area contributed by atoms with E-state index in [0.717, 1.165) is 23.9 Å². The molecular formula is C9H9BN2O. The third kappa shape index (κ3) is 1.38. The first-order valence-corrected chi connectivity index (χ1v) is 4.35. The van der Waals surface area contributed by atoms with E-state index in [1.807, 2.05) is 0 Å². The molecule has 0 saturated heterocycles. The second-order valence-corrected chi connectivity index (χ2v) is 3.37. The monoisotopic (exact) mass is 172 g/mol. The standard InChI is InChI=1S/C9H9BN2O/c11-6-10-2-1-7-4-12-5-9(13)8(7)3-10/h4-5,13H,1-3H2. The first-order chi connectivity index (χ1) is 6.31. The number of aromatic nitrogens is 1. The highest BCUT2D eigenvalue weighted by Gasteiger charge is 2.24. The maximum absolute atomic E-state index is 9.50. The molecule has 2 heterocycles. The fourth-order valence-electron chi connectivity index (χ4n) is 1.76. The minimum Gasteiger partial charge on any atom is -0.506 e. The van der Waals surface area contributed by atoms with Crippen LogP contribution in [0.25, 0.3) is 0 Å². The molecule has 1 aromatic heterocycles. The summed E-state index contributed by atoms with van der Waals surface area (Å²) >= 11 is 0. The van der Waals surface area contributed by atoms with E-state index in [2.05, 4.69) is 11.0 Å². The van der Waals surface area contributed by atoms with Crippen molar-refractivity contribution in [3.63, 3.8) is 0 Å². The third-order valence-corrected chi connectivity index (χ3v) is 2.52. The van der Waals surface area contributed by atoms with Crippen molar-refractivity contribution in [1.29, 1.82) is 5.26 Å². The largest absolute Gasteiger partial charge is 0.506 e. The Morgan fingerprint density at radius 1 is 1.54 bits per heavy atom. The van der Waals surface area contributed by atoms with Crippen LogP contribution < -0.4 is 0 Å². The minimum absolute atomic E-state index is 0.0563. The highest BCUT2D eigenvalue weighted by Crippen LogP contribution is 2.27. The van der Waals surface area contributed by atoms with Crippen LogP contribution in [0.1, 0.15) is 11.1 Å². The molecule has 0 saturated carbocycles. The van der Waals surface area contributed by atoms with Gasteiger partial charge in [-0.25, -0.2) is 5.26 Å². The molecule has 0 amide bonds. The van der Waals surface area contributed by atoms with Gasteiger partial charge in [0.05, 0.1) is 6.20 Å². The SMILES string of the molecule is N#CB1CCc2cncc(O)c2C1. The molecule has 3 nitrogen and oxygen atoms in total. The number of pyridine rings is 1. The summed E-state index contributed by atoms with van der Waals surface area (Å²) < 4.78 is 0. The molecule has 1 aliphatic rings. The van der Waals surface area contributed by atoms with Gasteiger partial charge in [0.25, 0.3) is 6.71 Å². The number of aryl methyl sites for hydroxylation is 1. The molecule has 1 N–H and O–H groups in total. The van der Waals surface area contributed by atoms with Crippen LogP contribution in [0.4, 0.5) is 0 Å². The Bertz CT molecular complexity index is 372. The van der Waals surface area contributed by atoms with Crippen molar-refractivity contribution in [2.45, 2.75) is 19.1 Å². The molecule has 2 rings (SSSR count). The molecule has 13 heavy (non-hydrogen) atoms. The van der Waals surface area contributed by atoms with Gasteiger partial charge >= 0.3 is 0 Å². The Labute approximate surface area is 77.1 Å². The minimum atomic E-state index is 0.0563. The van der Waals surface area contributed by atoms with Gasteiger partial charge in [-0.1, -0.05) is 6.32 Å². The quantitative estimate of drug-likeness (QED) is 0.593. The Morgan fingerprint density at radius 2 is 2.38 bits per heavy atom. The molecule has 0 aromatic carbocycles. The Balaban J connectivity index is 2.39. The predicted molar refractivity (Wildman–Crippen MR) is 49.5 cm³/mol. The van der Waals surface area contributed by atoms with Crippen LogP contribution in [0.2, 0.25) is 6.32 Å². The second-order valence-electron chi connectivity index (χ2n) is 3.37. The zero-order valence-corrected chi connectivity index (χ0v) is 7.20. The fourth-order valence-corrected chi connectivity index (χ4v) is 1.76. The number of rotatable bonds is 0. The lowest BCUT2D eigenvalue weighted by Gasteiger charge is -2.17. The number of hydrogen-bond acceptors (Lipinski definition) is 3. The van der Waals surface area contributed by atoms with Crippen molar-refractivity contribution in [3.05, 3.63) is 23.5 Å². The summed E-state index contributed by atoms with van der Waals surface area (Å²) in [6, 6.07) is 0. The molecule has 0 aliphatic carbocycles. The van der Waals surface area contributed by atoms with Gasteiger partial charge in [0.15, 0.2) is 0 Å². The lowest BCUT2D eigenvalue weighted by atomic mass is 9.42. The first-order valence-electron chi connectivity index (χ1n) is 4.35. The summed E-state index contributed by atoms with van der Waals surface area (Å²) in [7, 11) is 0. The molecule has 0 radical (unpaired) electrons. The summed E-state index contributed by atoms with van der Waals surface area (Å²) in [5.74, 6) is 2.47. The molecule has 1 aromatic rings. The third-order valence-electron chi connectivity index (χ3n) is 2.52. The second kappa shape index (κ2) is 3.10. The van der Waals surface area contributed by atoms with Gasteiger partial charge < -0.3 is 5.11 Å². The zero-order valence-electron chi connectivity index (χ0n) is 7.20. The van der Waals surface area contributed by atoms with Crippen LogP contribution in [0.5, 0.6) is 5.75 Å². The van der Waals surface area contributed by atoms with E-state index >= 15 is 0 Å². The molecular weight excluding hydrogens is 163 g/mol. The van der Waals surface area contributed by atoms with E-state index in [9.17, 15) is 5.11 Å². The van der Waals surface area contributed by atoms with Crippen LogP contribution in [0, 0.1) is 11.2 Å². The number of fused-ring (bicyclic) bond motifs is 1. The molecule has 1 aliphatic heterocycles. The molecule has 0 bridgehead atoms. The van der Waals surface area contributed by atoms with E-state index in [0.29, 0.717) is 6.32 Å². The highest BCUT2D eigenvalue weighted by atomic mass is 16.3. The van der Waals surface area contributed by atoms with Crippen molar-refractivity contribution in [2.24, 2.45) is 0 Å². The number of nitrogens with zero attached hydrogens (tertiary/aromatic N) is 2. The maximum Gasteiger partial charge on any atom is 0.272 e. The van der Waals surface area contributed by atoms with Crippen LogP contribution in [0.15, 0.2) is 12.4 Å². The van der Waals surface area contributed by atoms with Gasteiger partial charge in [-0.3, -0.25) is 4.98 Å². The molecule has 64 valence electrons. The van der Waals surface area contributed by atoms with E-state index < -0.39 is 0 Å². The van der Waals surface area contributed by atoms with Gasteiger partial charge in [0, 0.05) is 12.2 Å². The topological polar surface area (TPSA) is 56.9 Å². The average molecular weight is 172 g/mol. The van der Waals surface area contributed by atoms with Gasteiger partial charge in [0.2, 0.25) is 0 Å². The van der Waals surface area contributed by atoms with Crippen molar-refractivity contribution in [3.8, 4) is 11.7 Å². The molecule has 4 heteroatoms. The normalized spacial score (nSPS) is 14.8. The van der Waals surface area contributed by atoms with E-state index in [1.54, 1.807) is 6.20 Å². The average Bonchev–Trinajstić information content (AvgIpc) is 2.18. The van der Waals surface area contributed by atoms with Gasteiger partial charge in [-0.15, -0.1) is 0 Å². The highest BCUT2D eigenvalue weighted by molar-refractivity contribution is 6.66. The van der Waals surface area contributed by atoms with Crippen molar-refractivity contribution in [1.82, 2.24) is 4.98 Å². The Hall–Kier alpha value is -1.50. The van der Waals surface area contributed by atoms with E-state index in [1.165, 1.54) is 6.20 Å². The summed E-state index contributed by atoms with van der Waals surface area (Å²) in [6.45, 7) is 0.0563. The molecule has 0 unspecified atom stereocenters. The smallest absolute Gasteiger partial charge is 0.272 e. The number of hydrogen-bond donors (Lipinski definition) is 1. The predicted octanol–water partition coefficient (Wildman–Crippen LogP) is 0.983. The fraction of sp³-hybridized carbons (Fsp3) is 0.333. The lowest BCUT2D eigenvalue weighted by Crippen LogP contribution is -2.21. The first kappa shape index (κ1) is 8.12. The summed E-state index contributed by atoms with van der Waals surface area (Å²) in [4.78, 5) is 3.92. The molecule has 0 atom stereocenters. The van der Waals surface area contributed by atoms with Crippen LogP contribution in [0.3, 0.4) is 0 Å². The number of aromatic hydroxyl groups is 1. The van der Waals surface area contributed by atoms with Crippen LogP contribution in [-0.2, 0) is 12.7 Å². The van der Waals surface area contributed by atoms with E-state index in [4.69, 9.17) is 5.26 Å². The molecule has 0 spiro atoms. The van der Waals surface area contributed by atoms with Crippen molar-refractivity contribution < 1.29 is 5.11 Å².